The second-order valence-electron chi connectivity index (χ2n) is 4.27. The van der Waals surface area contributed by atoms with E-state index in [1.165, 1.54) is 0 Å². The Hall–Kier alpha value is -2.17. The number of nitrogen functional groups attached to an aromatic ring is 1. The van der Waals surface area contributed by atoms with Crippen LogP contribution in [0.2, 0.25) is 0 Å². The van der Waals surface area contributed by atoms with Gasteiger partial charge in [0.1, 0.15) is 18.0 Å². The average molecular weight is 285 g/mol. The number of nitrogens with one attached hydrogen (secondary N) is 3. The number of amides is 1. The minimum absolute atomic E-state index is 0.0203. The highest BCUT2D eigenvalue weighted by Gasteiger charge is 2.29. The molecule has 2 heterocycles. The van der Waals surface area contributed by atoms with E-state index < -0.39 is 24.0 Å². The first-order valence-electron chi connectivity index (χ1n) is 5.85. The maximum atomic E-state index is 11.6. The summed E-state index contributed by atoms with van der Waals surface area (Å²) in [5.74, 6) is -0.114. The van der Waals surface area contributed by atoms with E-state index in [-0.39, 0.29) is 30.5 Å². The predicted molar refractivity (Wildman–Crippen MR) is 69.0 cm³/mol. The van der Waals surface area contributed by atoms with Crippen molar-refractivity contribution >= 4 is 23.9 Å². The third-order valence-electron chi connectivity index (χ3n) is 2.81. The maximum absolute atomic E-state index is 11.6. The Kier molecular flexibility index (Phi) is 4.17. The zero-order valence-electron chi connectivity index (χ0n) is 10.4. The Labute approximate surface area is 113 Å². The van der Waals surface area contributed by atoms with Crippen LogP contribution in [0.4, 0.5) is 17.5 Å². The molecule has 0 unspecified atom stereocenters. The summed E-state index contributed by atoms with van der Waals surface area (Å²) in [6.07, 6.45) is -2.17. The number of aromatic nitrogens is 2. The van der Waals surface area contributed by atoms with Gasteiger partial charge in [-0.15, -0.1) is 0 Å². The molecule has 110 valence electrons. The molecule has 1 saturated heterocycles. The minimum Gasteiger partial charge on any atom is -0.390 e. The normalized spacial score (nSPS) is 26.0. The van der Waals surface area contributed by atoms with Gasteiger partial charge in [0.05, 0.1) is 12.7 Å². The number of hydrogen-bond donors (Lipinski definition) is 6. The zero-order valence-corrected chi connectivity index (χ0v) is 10.4. The maximum Gasteiger partial charge on any atom is 0.278 e. The van der Waals surface area contributed by atoms with Crippen molar-refractivity contribution < 1.29 is 19.7 Å². The van der Waals surface area contributed by atoms with Crippen molar-refractivity contribution in [1.82, 2.24) is 9.97 Å². The SMILES string of the molecule is Nc1nc(N[C@@H]2C[C@H](O)[C@H](O)CO2)c(NC=O)c(=O)[nH]1. The summed E-state index contributed by atoms with van der Waals surface area (Å²) < 4.78 is 5.25. The van der Waals surface area contributed by atoms with E-state index in [9.17, 15) is 19.8 Å². The van der Waals surface area contributed by atoms with Crippen LogP contribution >= 0.6 is 0 Å². The lowest BCUT2D eigenvalue weighted by molar-refractivity contribution is -0.112. The highest BCUT2D eigenvalue weighted by atomic mass is 16.5. The summed E-state index contributed by atoms with van der Waals surface area (Å²) in [5, 5.41) is 23.8. The molecule has 3 atom stereocenters. The topological polar surface area (TPSA) is 163 Å². The fourth-order valence-corrected chi connectivity index (χ4v) is 1.81. The molecule has 0 saturated carbocycles. The van der Waals surface area contributed by atoms with Crippen LogP contribution in [-0.2, 0) is 9.53 Å². The van der Waals surface area contributed by atoms with Gasteiger partial charge in [0.15, 0.2) is 5.82 Å². The number of anilines is 3. The van der Waals surface area contributed by atoms with E-state index >= 15 is 0 Å². The predicted octanol–water partition coefficient (Wildman–Crippen LogP) is -2.20. The molecule has 1 fully saturated rings. The highest BCUT2D eigenvalue weighted by molar-refractivity contribution is 5.78. The Morgan fingerprint density at radius 2 is 2.20 bits per heavy atom. The van der Waals surface area contributed by atoms with E-state index in [1.807, 2.05) is 0 Å². The van der Waals surface area contributed by atoms with Crippen LogP contribution in [-0.4, -0.2) is 51.6 Å². The quantitative estimate of drug-likeness (QED) is 0.339. The number of carbonyl (C=O) groups excluding carboxylic acids is 1. The Bertz CT molecular complexity index is 547. The second kappa shape index (κ2) is 5.86. The van der Waals surface area contributed by atoms with Gasteiger partial charge >= 0.3 is 0 Å². The van der Waals surface area contributed by atoms with Crippen LogP contribution in [0.15, 0.2) is 4.79 Å². The van der Waals surface area contributed by atoms with Gasteiger partial charge < -0.3 is 31.3 Å². The summed E-state index contributed by atoms with van der Waals surface area (Å²) in [5.41, 5.74) is 4.69. The van der Waals surface area contributed by atoms with Gasteiger partial charge in [0, 0.05) is 6.42 Å². The third kappa shape index (κ3) is 3.04. The molecule has 0 aromatic carbocycles. The Morgan fingerprint density at radius 3 is 2.85 bits per heavy atom. The molecule has 0 spiro atoms. The molecule has 20 heavy (non-hydrogen) atoms. The highest BCUT2D eigenvalue weighted by Crippen LogP contribution is 2.20. The standard InChI is InChI=1S/C10H15N5O5/c11-10-14-8(7(12-3-16)9(19)15-10)13-6-1-4(17)5(18)2-20-6/h3-6,17-18H,1-2H2,(H,12,16)(H4,11,13,14,15,19)/t4-,5+,6-/m0/s1. The van der Waals surface area contributed by atoms with Gasteiger partial charge in [-0.1, -0.05) is 0 Å². The first-order chi connectivity index (χ1) is 9.51. The van der Waals surface area contributed by atoms with Crippen molar-refractivity contribution in [2.75, 3.05) is 23.0 Å². The lowest BCUT2D eigenvalue weighted by Crippen LogP contribution is -2.44. The van der Waals surface area contributed by atoms with Crippen molar-refractivity contribution in [1.29, 1.82) is 0 Å². The fourth-order valence-electron chi connectivity index (χ4n) is 1.81. The van der Waals surface area contributed by atoms with Gasteiger partial charge in [-0.2, -0.15) is 4.98 Å². The molecule has 10 nitrogen and oxygen atoms in total. The molecular weight excluding hydrogens is 270 g/mol. The monoisotopic (exact) mass is 285 g/mol. The van der Waals surface area contributed by atoms with Gasteiger partial charge in [-0.05, 0) is 0 Å². The first-order valence-corrected chi connectivity index (χ1v) is 5.85. The molecule has 0 aliphatic carbocycles. The van der Waals surface area contributed by atoms with Crippen molar-refractivity contribution in [3.8, 4) is 0 Å². The van der Waals surface area contributed by atoms with E-state index in [0.29, 0.717) is 6.41 Å². The van der Waals surface area contributed by atoms with Crippen LogP contribution in [0.3, 0.4) is 0 Å². The van der Waals surface area contributed by atoms with Crippen LogP contribution in [0.5, 0.6) is 0 Å². The number of nitrogens with two attached hydrogens (primary N) is 1. The summed E-state index contributed by atoms with van der Waals surface area (Å²) in [7, 11) is 0. The third-order valence-corrected chi connectivity index (χ3v) is 2.81. The number of ether oxygens (including phenoxy) is 1. The number of aliphatic hydroxyl groups is 2. The molecule has 10 heteroatoms. The first kappa shape index (κ1) is 14.2. The number of H-pyrrole nitrogens is 1. The Balaban J connectivity index is 2.20. The summed E-state index contributed by atoms with van der Waals surface area (Å²) in [6.45, 7) is -0.0616. The number of aromatic amines is 1. The van der Waals surface area contributed by atoms with Crippen molar-refractivity contribution in [3.05, 3.63) is 10.4 Å². The molecule has 2 rings (SSSR count). The number of carbonyl (C=O) groups is 1. The fraction of sp³-hybridized carbons (Fsp3) is 0.500. The summed E-state index contributed by atoms with van der Waals surface area (Å²) in [6, 6.07) is 0. The van der Waals surface area contributed by atoms with Gasteiger partial charge in [-0.3, -0.25) is 14.6 Å². The van der Waals surface area contributed by atoms with Crippen molar-refractivity contribution in [2.45, 2.75) is 24.9 Å². The number of aliphatic hydroxyl groups excluding tert-OH is 2. The molecule has 0 bridgehead atoms. The van der Waals surface area contributed by atoms with Crippen LogP contribution < -0.4 is 21.9 Å². The lowest BCUT2D eigenvalue weighted by atomic mass is 10.1. The van der Waals surface area contributed by atoms with E-state index in [1.54, 1.807) is 0 Å². The van der Waals surface area contributed by atoms with E-state index in [0.717, 1.165) is 0 Å². The average Bonchev–Trinajstić information content (AvgIpc) is 2.38. The summed E-state index contributed by atoms with van der Waals surface area (Å²) >= 11 is 0. The van der Waals surface area contributed by atoms with E-state index in [2.05, 4.69) is 20.6 Å². The van der Waals surface area contributed by atoms with Crippen LogP contribution in [0.25, 0.3) is 0 Å². The lowest BCUT2D eigenvalue weighted by Gasteiger charge is -2.31. The van der Waals surface area contributed by atoms with Crippen molar-refractivity contribution in [2.24, 2.45) is 0 Å². The Morgan fingerprint density at radius 1 is 1.45 bits per heavy atom. The largest absolute Gasteiger partial charge is 0.390 e. The molecule has 1 aliphatic rings. The zero-order chi connectivity index (χ0) is 14.7. The number of rotatable bonds is 4. The molecule has 7 N–H and O–H groups in total. The van der Waals surface area contributed by atoms with Gasteiger partial charge in [-0.25, -0.2) is 0 Å². The van der Waals surface area contributed by atoms with Gasteiger partial charge in [0.25, 0.3) is 5.56 Å². The summed E-state index contributed by atoms with van der Waals surface area (Å²) in [4.78, 5) is 28.2. The minimum atomic E-state index is -0.960. The van der Waals surface area contributed by atoms with Crippen LogP contribution in [0.1, 0.15) is 6.42 Å². The van der Waals surface area contributed by atoms with Crippen molar-refractivity contribution in [3.63, 3.8) is 0 Å². The van der Waals surface area contributed by atoms with Gasteiger partial charge in [0.2, 0.25) is 12.4 Å². The smallest absolute Gasteiger partial charge is 0.278 e. The van der Waals surface area contributed by atoms with E-state index in [4.69, 9.17) is 10.5 Å². The van der Waals surface area contributed by atoms with Crippen LogP contribution in [0, 0.1) is 0 Å². The second-order valence-corrected chi connectivity index (χ2v) is 4.27. The number of hydrogen-bond acceptors (Lipinski definition) is 8. The number of nitrogens with zero attached hydrogens (tertiary/aromatic N) is 1. The molecule has 1 amide bonds. The molecule has 0 radical (unpaired) electrons. The molecule has 1 aromatic rings. The molecule has 1 aliphatic heterocycles. The molecule has 1 aromatic heterocycles. The molecular formula is C10H15N5O5.